The molecule has 0 bridgehead atoms. The number of nitrogens with two attached hydrogens (primary N) is 1. The SMILES string of the molecule is NCC1CCCCC1.O=C(NCC1CCCCC1)c1ccccc1. The van der Waals surface area contributed by atoms with Gasteiger partial charge in [-0.15, -0.1) is 0 Å². The Morgan fingerprint density at radius 1 is 0.875 bits per heavy atom. The van der Waals surface area contributed by atoms with Crippen molar-refractivity contribution in [1.82, 2.24) is 5.32 Å². The Balaban J connectivity index is 0.000000219. The Kier molecular flexibility index (Phi) is 8.90. The topological polar surface area (TPSA) is 55.1 Å². The van der Waals surface area contributed by atoms with E-state index in [9.17, 15) is 4.79 Å². The first-order chi connectivity index (χ1) is 11.8. The zero-order valence-corrected chi connectivity index (χ0v) is 15.0. The van der Waals surface area contributed by atoms with Crippen LogP contribution >= 0.6 is 0 Å². The summed E-state index contributed by atoms with van der Waals surface area (Å²) in [5.41, 5.74) is 6.27. The number of benzene rings is 1. The smallest absolute Gasteiger partial charge is 0.251 e. The summed E-state index contributed by atoms with van der Waals surface area (Å²) in [6.07, 6.45) is 13.6. The van der Waals surface area contributed by atoms with Crippen LogP contribution in [-0.2, 0) is 0 Å². The Bertz CT molecular complexity index is 448. The van der Waals surface area contributed by atoms with Gasteiger partial charge in [0.25, 0.3) is 5.91 Å². The largest absolute Gasteiger partial charge is 0.352 e. The molecule has 0 spiro atoms. The van der Waals surface area contributed by atoms with Crippen LogP contribution in [0.1, 0.15) is 74.6 Å². The molecule has 0 unspecified atom stereocenters. The first kappa shape index (κ1) is 19.0. The molecule has 0 aliphatic heterocycles. The fraction of sp³-hybridized carbons (Fsp3) is 0.667. The molecule has 0 radical (unpaired) electrons. The van der Waals surface area contributed by atoms with E-state index in [1.165, 1.54) is 64.2 Å². The minimum Gasteiger partial charge on any atom is -0.352 e. The third-order valence-corrected chi connectivity index (χ3v) is 5.37. The van der Waals surface area contributed by atoms with E-state index in [2.05, 4.69) is 5.32 Å². The third-order valence-electron chi connectivity index (χ3n) is 5.37. The van der Waals surface area contributed by atoms with Crippen molar-refractivity contribution >= 4 is 5.91 Å². The van der Waals surface area contributed by atoms with Crippen LogP contribution in [-0.4, -0.2) is 19.0 Å². The molecule has 0 aromatic heterocycles. The molecule has 1 aromatic rings. The summed E-state index contributed by atoms with van der Waals surface area (Å²) in [5, 5.41) is 3.03. The first-order valence-corrected chi connectivity index (χ1v) is 9.83. The highest BCUT2D eigenvalue weighted by molar-refractivity contribution is 5.94. The standard InChI is InChI=1S/C14H19NO.C7H15N/c16-14(13-9-5-2-6-10-13)15-11-12-7-3-1-4-8-12;8-6-7-4-2-1-3-5-7/h2,5-6,9-10,12H,1,3-4,7-8,11H2,(H,15,16);7H,1-6,8H2. The van der Waals surface area contributed by atoms with E-state index in [0.717, 1.165) is 24.6 Å². The van der Waals surface area contributed by atoms with Crippen molar-refractivity contribution in [2.45, 2.75) is 64.2 Å². The van der Waals surface area contributed by atoms with Gasteiger partial charge in [0, 0.05) is 12.1 Å². The van der Waals surface area contributed by atoms with Crippen LogP contribution in [0.2, 0.25) is 0 Å². The van der Waals surface area contributed by atoms with Gasteiger partial charge in [-0.1, -0.05) is 56.7 Å². The lowest BCUT2D eigenvalue weighted by atomic mass is 9.89. The van der Waals surface area contributed by atoms with Gasteiger partial charge >= 0.3 is 0 Å². The van der Waals surface area contributed by atoms with E-state index < -0.39 is 0 Å². The number of amides is 1. The summed E-state index contributed by atoms with van der Waals surface area (Å²) in [7, 11) is 0. The van der Waals surface area contributed by atoms with E-state index >= 15 is 0 Å². The molecule has 24 heavy (non-hydrogen) atoms. The van der Waals surface area contributed by atoms with Crippen molar-refractivity contribution in [2.24, 2.45) is 17.6 Å². The summed E-state index contributed by atoms with van der Waals surface area (Å²) in [5.74, 6) is 1.62. The normalized spacial score (nSPS) is 19.2. The summed E-state index contributed by atoms with van der Waals surface area (Å²) >= 11 is 0. The minimum absolute atomic E-state index is 0.0613. The second kappa shape index (κ2) is 11.2. The molecule has 3 nitrogen and oxygen atoms in total. The number of rotatable bonds is 4. The van der Waals surface area contributed by atoms with Gasteiger partial charge in [-0.05, 0) is 56.2 Å². The van der Waals surface area contributed by atoms with Crippen molar-refractivity contribution in [3.63, 3.8) is 0 Å². The fourth-order valence-corrected chi connectivity index (χ4v) is 3.74. The average Bonchev–Trinajstić information content (AvgIpc) is 2.69. The fourth-order valence-electron chi connectivity index (χ4n) is 3.74. The summed E-state index contributed by atoms with van der Waals surface area (Å²) in [6.45, 7) is 1.76. The molecule has 1 aromatic carbocycles. The van der Waals surface area contributed by atoms with Crippen LogP contribution in [0.5, 0.6) is 0 Å². The zero-order valence-electron chi connectivity index (χ0n) is 15.0. The summed E-state index contributed by atoms with van der Waals surface area (Å²) < 4.78 is 0. The number of nitrogens with one attached hydrogen (secondary N) is 1. The number of carbonyl (C=O) groups excluding carboxylic acids is 1. The lowest BCUT2D eigenvalue weighted by molar-refractivity contribution is 0.0943. The van der Waals surface area contributed by atoms with Crippen molar-refractivity contribution in [3.05, 3.63) is 35.9 Å². The second-order valence-electron chi connectivity index (χ2n) is 7.32. The van der Waals surface area contributed by atoms with Gasteiger partial charge < -0.3 is 11.1 Å². The van der Waals surface area contributed by atoms with Crippen LogP contribution < -0.4 is 11.1 Å². The van der Waals surface area contributed by atoms with Crippen LogP contribution in [0.3, 0.4) is 0 Å². The first-order valence-electron chi connectivity index (χ1n) is 9.83. The highest BCUT2D eigenvalue weighted by Gasteiger charge is 2.14. The molecular formula is C21H34N2O. The van der Waals surface area contributed by atoms with Gasteiger partial charge in [0.15, 0.2) is 0 Å². The molecule has 2 saturated carbocycles. The Labute approximate surface area is 147 Å². The van der Waals surface area contributed by atoms with E-state index in [4.69, 9.17) is 5.73 Å². The number of carbonyl (C=O) groups is 1. The van der Waals surface area contributed by atoms with Gasteiger partial charge in [0.2, 0.25) is 0 Å². The maximum absolute atomic E-state index is 11.8. The third kappa shape index (κ3) is 7.04. The Morgan fingerprint density at radius 2 is 1.42 bits per heavy atom. The maximum Gasteiger partial charge on any atom is 0.251 e. The van der Waals surface area contributed by atoms with Crippen LogP contribution in [0.4, 0.5) is 0 Å². The van der Waals surface area contributed by atoms with Gasteiger partial charge in [-0.3, -0.25) is 4.79 Å². The van der Waals surface area contributed by atoms with E-state index in [1.54, 1.807) is 0 Å². The molecule has 0 heterocycles. The molecule has 2 fully saturated rings. The van der Waals surface area contributed by atoms with Crippen molar-refractivity contribution in [1.29, 1.82) is 0 Å². The van der Waals surface area contributed by atoms with Gasteiger partial charge in [0.05, 0.1) is 0 Å². The van der Waals surface area contributed by atoms with Crippen molar-refractivity contribution in [3.8, 4) is 0 Å². The van der Waals surface area contributed by atoms with Gasteiger partial charge in [0.1, 0.15) is 0 Å². The highest BCUT2D eigenvalue weighted by atomic mass is 16.1. The number of hydrogen-bond acceptors (Lipinski definition) is 2. The Morgan fingerprint density at radius 3 is 1.92 bits per heavy atom. The zero-order chi connectivity index (χ0) is 17.0. The lowest BCUT2D eigenvalue weighted by Gasteiger charge is -2.21. The molecule has 3 N–H and O–H groups in total. The molecule has 0 atom stereocenters. The van der Waals surface area contributed by atoms with Crippen molar-refractivity contribution in [2.75, 3.05) is 13.1 Å². The molecule has 0 saturated heterocycles. The molecule has 2 aliphatic rings. The summed E-state index contributed by atoms with van der Waals surface area (Å²) in [4.78, 5) is 11.8. The predicted molar refractivity (Wildman–Crippen MR) is 101 cm³/mol. The van der Waals surface area contributed by atoms with Crippen LogP contribution in [0.25, 0.3) is 0 Å². The molecule has 1 amide bonds. The van der Waals surface area contributed by atoms with Crippen LogP contribution in [0, 0.1) is 11.8 Å². The monoisotopic (exact) mass is 330 g/mol. The quantitative estimate of drug-likeness (QED) is 0.852. The van der Waals surface area contributed by atoms with E-state index in [0.29, 0.717) is 5.92 Å². The van der Waals surface area contributed by atoms with Crippen molar-refractivity contribution < 1.29 is 4.79 Å². The molecule has 2 aliphatic carbocycles. The number of hydrogen-bond donors (Lipinski definition) is 2. The summed E-state index contributed by atoms with van der Waals surface area (Å²) in [6, 6.07) is 9.44. The maximum atomic E-state index is 11.8. The van der Waals surface area contributed by atoms with E-state index in [1.807, 2.05) is 30.3 Å². The van der Waals surface area contributed by atoms with E-state index in [-0.39, 0.29) is 5.91 Å². The second-order valence-corrected chi connectivity index (χ2v) is 7.32. The average molecular weight is 331 g/mol. The van der Waals surface area contributed by atoms with Gasteiger partial charge in [-0.2, -0.15) is 0 Å². The molecule has 3 rings (SSSR count). The highest BCUT2D eigenvalue weighted by Crippen LogP contribution is 2.23. The molecule has 3 heteroatoms. The lowest BCUT2D eigenvalue weighted by Crippen LogP contribution is -2.30. The molecular weight excluding hydrogens is 296 g/mol. The van der Waals surface area contributed by atoms with Crippen LogP contribution in [0.15, 0.2) is 30.3 Å². The molecule has 134 valence electrons. The van der Waals surface area contributed by atoms with Gasteiger partial charge in [-0.25, -0.2) is 0 Å². The Hall–Kier alpha value is -1.35. The minimum atomic E-state index is 0.0613. The predicted octanol–water partition coefficient (Wildman–Crippen LogP) is 4.52.